The molecule has 0 bridgehead atoms. The maximum atomic E-state index is 12.1. The van der Waals surface area contributed by atoms with Crippen molar-refractivity contribution in [3.63, 3.8) is 0 Å². The largest absolute Gasteiger partial charge is 0.511 e. The molecule has 0 aromatic heterocycles. The maximum Gasteiger partial charge on any atom is 0.511 e. The Morgan fingerprint density at radius 2 is 2.00 bits per heavy atom. The highest BCUT2D eigenvalue weighted by molar-refractivity contribution is 7.90. The highest BCUT2D eigenvalue weighted by Crippen LogP contribution is 2.24. The third-order valence-corrected chi connectivity index (χ3v) is 3.28. The second-order valence-electron chi connectivity index (χ2n) is 3.19. The summed E-state index contributed by atoms with van der Waals surface area (Å²) < 4.78 is 59.4. The van der Waals surface area contributed by atoms with E-state index >= 15 is 0 Å². The Bertz CT molecular complexity index is 378. The Hall–Kier alpha value is -0.960. The van der Waals surface area contributed by atoms with Crippen LogP contribution < -0.4 is 10.0 Å². The van der Waals surface area contributed by atoms with E-state index in [-0.39, 0.29) is 0 Å². The fourth-order valence-corrected chi connectivity index (χ4v) is 1.83. The van der Waals surface area contributed by atoms with E-state index in [0.29, 0.717) is 0 Å². The van der Waals surface area contributed by atoms with Gasteiger partial charge in [-0.05, 0) is 6.92 Å². The molecule has 0 aliphatic carbocycles. The molecule has 1 aliphatic heterocycles. The molecule has 0 saturated carbocycles. The Morgan fingerprint density at radius 1 is 1.47 bits per heavy atom. The fraction of sp³-hybridized carbons (Fsp3) is 0.667. The first-order valence-electron chi connectivity index (χ1n) is 3.86. The minimum absolute atomic E-state index is 1.27. The average molecular weight is 245 g/mol. The zero-order valence-corrected chi connectivity index (χ0v) is 8.78. The van der Waals surface area contributed by atoms with Gasteiger partial charge in [0.2, 0.25) is 0 Å². The molecule has 0 spiro atoms. The molecule has 1 heterocycles. The first kappa shape index (κ1) is 12.1. The van der Waals surface area contributed by atoms with Crippen LogP contribution in [0.15, 0.2) is 12.4 Å². The Balaban J connectivity index is 2.88. The summed E-state index contributed by atoms with van der Waals surface area (Å²) in [7, 11) is -3.93. The van der Waals surface area contributed by atoms with Crippen LogP contribution in [0.5, 0.6) is 0 Å². The highest BCUT2D eigenvalue weighted by Gasteiger charge is 2.50. The molecule has 1 atom stereocenters. The Labute approximate surface area is 85.0 Å². The SMILES string of the molecule is CN1C=CNC1(C)NS(=O)(=O)C(F)(F)F. The molecule has 1 unspecified atom stereocenters. The van der Waals surface area contributed by atoms with Gasteiger partial charge < -0.3 is 10.2 Å². The van der Waals surface area contributed by atoms with Crippen molar-refractivity contribution >= 4 is 10.0 Å². The minimum atomic E-state index is -5.37. The van der Waals surface area contributed by atoms with Crippen LogP contribution in [0.1, 0.15) is 6.92 Å². The van der Waals surface area contributed by atoms with Gasteiger partial charge in [0.1, 0.15) is 0 Å². The molecule has 0 aromatic carbocycles. The average Bonchev–Trinajstić information content (AvgIpc) is 2.28. The van der Waals surface area contributed by atoms with Crippen molar-refractivity contribution in [1.29, 1.82) is 0 Å². The molecule has 0 fully saturated rings. The molecule has 0 radical (unpaired) electrons. The summed E-state index contributed by atoms with van der Waals surface area (Å²) in [5.74, 6) is -1.49. The van der Waals surface area contributed by atoms with Crippen molar-refractivity contribution in [2.24, 2.45) is 0 Å². The van der Waals surface area contributed by atoms with Crippen LogP contribution in [0, 0.1) is 0 Å². The zero-order valence-electron chi connectivity index (χ0n) is 7.96. The van der Waals surface area contributed by atoms with Crippen LogP contribution in [0.25, 0.3) is 0 Å². The van der Waals surface area contributed by atoms with Crippen molar-refractivity contribution in [3.8, 4) is 0 Å². The van der Waals surface area contributed by atoms with E-state index in [1.807, 2.05) is 0 Å². The standard InChI is InChI=1S/C6H10F3N3O2S/c1-5(10-3-4-12(5)2)11-15(13,14)6(7,8)9/h3-4,10-11H,1-2H3. The number of hydrogen-bond donors (Lipinski definition) is 2. The maximum absolute atomic E-state index is 12.1. The molecule has 88 valence electrons. The summed E-state index contributed by atoms with van der Waals surface area (Å²) in [4.78, 5) is 1.27. The first-order chi connectivity index (χ1) is 6.58. The van der Waals surface area contributed by atoms with Crippen LogP contribution in [0.2, 0.25) is 0 Å². The normalized spacial score (nSPS) is 26.9. The fourth-order valence-electron chi connectivity index (χ4n) is 0.983. The molecule has 1 rings (SSSR count). The molecule has 0 amide bonds. The van der Waals surface area contributed by atoms with Gasteiger partial charge in [0.05, 0.1) is 0 Å². The highest BCUT2D eigenvalue weighted by atomic mass is 32.2. The molecule has 0 aromatic rings. The van der Waals surface area contributed by atoms with Gasteiger partial charge >= 0.3 is 15.5 Å². The monoisotopic (exact) mass is 245 g/mol. The Kier molecular flexibility index (Phi) is 2.64. The third kappa shape index (κ3) is 2.17. The molecule has 2 N–H and O–H groups in total. The van der Waals surface area contributed by atoms with Crippen molar-refractivity contribution in [2.45, 2.75) is 18.2 Å². The third-order valence-electron chi connectivity index (χ3n) is 2.01. The molecule has 9 heteroatoms. The number of hydrogen-bond acceptors (Lipinski definition) is 4. The van der Waals surface area contributed by atoms with Gasteiger partial charge in [-0.15, -0.1) is 0 Å². The number of rotatable bonds is 2. The molecular weight excluding hydrogens is 235 g/mol. The predicted molar refractivity (Wildman–Crippen MR) is 46.6 cm³/mol. The van der Waals surface area contributed by atoms with E-state index < -0.39 is 21.3 Å². The second kappa shape index (κ2) is 3.27. The smallest absolute Gasteiger partial charge is 0.355 e. The van der Waals surface area contributed by atoms with E-state index in [0.717, 1.165) is 0 Å². The van der Waals surface area contributed by atoms with Crippen LogP contribution in [-0.4, -0.2) is 31.7 Å². The summed E-state index contributed by atoms with van der Waals surface area (Å²) >= 11 is 0. The second-order valence-corrected chi connectivity index (χ2v) is 4.87. The first-order valence-corrected chi connectivity index (χ1v) is 5.34. The van der Waals surface area contributed by atoms with Gasteiger partial charge in [0.25, 0.3) is 0 Å². The van der Waals surface area contributed by atoms with Crippen molar-refractivity contribution in [1.82, 2.24) is 14.9 Å². The van der Waals surface area contributed by atoms with E-state index in [1.54, 1.807) is 0 Å². The topological polar surface area (TPSA) is 61.4 Å². The van der Waals surface area contributed by atoms with Gasteiger partial charge in [-0.2, -0.15) is 17.9 Å². The molecule has 15 heavy (non-hydrogen) atoms. The van der Waals surface area contributed by atoms with Gasteiger partial charge in [0.15, 0.2) is 5.79 Å². The van der Waals surface area contributed by atoms with Crippen molar-refractivity contribution in [3.05, 3.63) is 12.4 Å². The van der Waals surface area contributed by atoms with Crippen LogP contribution in [-0.2, 0) is 10.0 Å². The van der Waals surface area contributed by atoms with E-state index in [9.17, 15) is 21.6 Å². The predicted octanol–water partition coefficient (Wildman–Crippen LogP) is 0.105. The molecule has 1 aliphatic rings. The summed E-state index contributed by atoms with van der Waals surface area (Å²) in [6.07, 6.45) is 2.76. The van der Waals surface area contributed by atoms with Gasteiger partial charge in [0, 0.05) is 19.4 Å². The summed E-state index contributed by atoms with van der Waals surface area (Å²) in [5.41, 5.74) is -5.32. The lowest BCUT2D eigenvalue weighted by atomic mass is 10.4. The van der Waals surface area contributed by atoms with Gasteiger partial charge in [-0.25, -0.2) is 8.42 Å². The lowest BCUT2D eigenvalue weighted by Crippen LogP contribution is -2.62. The number of nitrogens with one attached hydrogen (secondary N) is 2. The minimum Gasteiger partial charge on any atom is -0.355 e. The quantitative estimate of drug-likeness (QED) is 0.724. The summed E-state index contributed by atoms with van der Waals surface area (Å²) in [6, 6.07) is 0. The van der Waals surface area contributed by atoms with Crippen LogP contribution in [0.4, 0.5) is 13.2 Å². The number of sulfonamides is 1. The van der Waals surface area contributed by atoms with Crippen LogP contribution >= 0.6 is 0 Å². The number of nitrogens with zero attached hydrogens (tertiary/aromatic N) is 1. The van der Waals surface area contributed by atoms with E-state index in [4.69, 9.17) is 0 Å². The lowest BCUT2D eigenvalue weighted by molar-refractivity contribution is -0.0467. The lowest BCUT2D eigenvalue weighted by Gasteiger charge is -2.33. The van der Waals surface area contributed by atoms with Crippen molar-refractivity contribution < 1.29 is 21.6 Å². The van der Waals surface area contributed by atoms with E-state index in [2.05, 4.69) is 5.32 Å². The summed E-state index contributed by atoms with van der Waals surface area (Å²) in [6.45, 7) is 1.27. The number of alkyl halides is 3. The number of halogens is 3. The zero-order chi connectivity index (χ0) is 11.9. The Morgan fingerprint density at radius 3 is 2.33 bits per heavy atom. The van der Waals surface area contributed by atoms with Gasteiger partial charge in [-0.3, -0.25) is 0 Å². The van der Waals surface area contributed by atoms with Crippen LogP contribution in [0.3, 0.4) is 0 Å². The van der Waals surface area contributed by atoms with E-state index in [1.165, 1.54) is 36.0 Å². The molecule has 0 saturated heterocycles. The van der Waals surface area contributed by atoms with Gasteiger partial charge in [-0.1, -0.05) is 0 Å². The summed E-state index contributed by atoms with van der Waals surface area (Å²) in [5, 5.41) is 2.47. The molecular formula is C6H10F3N3O2S. The van der Waals surface area contributed by atoms with Crippen molar-refractivity contribution in [2.75, 3.05) is 7.05 Å². The molecule has 5 nitrogen and oxygen atoms in total.